The van der Waals surface area contributed by atoms with Crippen molar-refractivity contribution in [3.8, 4) is 0 Å². The molecule has 0 fully saturated rings. The van der Waals surface area contributed by atoms with E-state index in [0.717, 1.165) is 18.4 Å². The zero-order valence-corrected chi connectivity index (χ0v) is 22.5. The van der Waals surface area contributed by atoms with Crippen LogP contribution in [-0.4, -0.2) is 9.38 Å². The highest BCUT2D eigenvalue weighted by Gasteiger charge is 2.47. The summed E-state index contributed by atoms with van der Waals surface area (Å²) in [5.74, 6) is 0. The third kappa shape index (κ3) is 3.15. The Morgan fingerprint density at radius 3 is 2.44 bits per heavy atom. The Bertz CT molecular complexity index is 1400. The summed E-state index contributed by atoms with van der Waals surface area (Å²) in [6.45, 7) is 18.7. The van der Waals surface area contributed by atoms with Crippen LogP contribution in [0.4, 0.5) is 0 Å². The van der Waals surface area contributed by atoms with Crippen LogP contribution in [0.1, 0.15) is 109 Å². The number of nitrogens with zero attached hydrogens (tertiary/aromatic N) is 3. The van der Waals surface area contributed by atoms with Crippen molar-refractivity contribution < 1.29 is 4.57 Å². The van der Waals surface area contributed by atoms with E-state index in [9.17, 15) is 0 Å². The molecule has 0 amide bonds. The van der Waals surface area contributed by atoms with Gasteiger partial charge >= 0.3 is 0 Å². The summed E-state index contributed by atoms with van der Waals surface area (Å²) in [4.78, 5) is 5.22. The van der Waals surface area contributed by atoms with Crippen LogP contribution in [0.3, 0.4) is 0 Å². The second-order valence-corrected chi connectivity index (χ2v) is 11.7. The minimum Gasteiger partial charge on any atom is -0.252 e. The number of rotatable bonds is 6. The molecule has 1 unspecified atom stereocenters. The summed E-state index contributed by atoms with van der Waals surface area (Å²) in [7, 11) is 0. The highest BCUT2D eigenvalue weighted by Crippen LogP contribution is 2.48. The SMILES string of the molecule is CCCCCc1cc2c(cc1C)[n+]1c3c4c(cc(C(C)(C)C)nc4ccn23)C(CC)(CC)C1C. The molecule has 3 heteroatoms. The van der Waals surface area contributed by atoms with Gasteiger partial charge in [0.2, 0.25) is 0 Å². The van der Waals surface area contributed by atoms with Gasteiger partial charge in [-0.05, 0) is 74.4 Å². The smallest absolute Gasteiger partial charge is 0.252 e. The van der Waals surface area contributed by atoms with E-state index in [1.807, 2.05) is 0 Å². The minimum atomic E-state index is 0.0257. The predicted octanol–water partition coefficient (Wildman–Crippen LogP) is 7.90. The number of pyridine rings is 2. The molecule has 5 rings (SSSR count). The zero-order chi connectivity index (χ0) is 24.4. The second kappa shape index (κ2) is 8.07. The number of aromatic nitrogens is 3. The number of unbranched alkanes of at least 4 members (excludes halogenated alkanes) is 2. The first-order valence-corrected chi connectivity index (χ1v) is 13.5. The van der Waals surface area contributed by atoms with Gasteiger partial charge in [-0.1, -0.05) is 54.4 Å². The number of imidazole rings is 1. The van der Waals surface area contributed by atoms with E-state index < -0.39 is 0 Å². The fraction of sp³-hybridized carbons (Fsp3) is 0.548. The molecule has 0 saturated heterocycles. The van der Waals surface area contributed by atoms with Crippen molar-refractivity contribution in [2.24, 2.45) is 0 Å². The van der Waals surface area contributed by atoms with Crippen LogP contribution in [0, 0.1) is 6.92 Å². The van der Waals surface area contributed by atoms with E-state index in [2.05, 4.69) is 94.8 Å². The molecule has 3 aromatic heterocycles. The molecule has 0 radical (unpaired) electrons. The molecule has 4 aromatic rings. The molecule has 180 valence electrons. The highest BCUT2D eigenvalue weighted by atomic mass is 15.2. The molecule has 3 nitrogen and oxygen atoms in total. The van der Waals surface area contributed by atoms with Crippen molar-refractivity contribution in [3.05, 3.63) is 52.8 Å². The zero-order valence-electron chi connectivity index (χ0n) is 22.5. The lowest BCUT2D eigenvalue weighted by Gasteiger charge is -2.40. The van der Waals surface area contributed by atoms with Crippen molar-refractivity contribution in [3.63, 3.8) is 0 Å². The monoisotopic (exact) mass is 456 g/mol. The second-order valence-electron chi connectivity index (χ2n) is 11.7. The number of aryl methyl sites for hydroxylation is 2. The first-order chi connectivity index (χ1) is 16.2. The average Bonchev–Trinajstić information content (AvgIpc) is 3.12. The summed E-state index contributed by atoms with van der Waals surface area (Å²) in [6, 6.07) is 10.0. The van der Waals surface area contributed by atoms with E-state index in [1.165, 1.54) is 70.1 Å². The maximum absolute atomic E-state index is 5.22. The van der Waals surface area contributed by atoms with Gasteiger partial charge in [-0.15, -0.1) is 0 Å². The van der Waals surface area contributed by atoms with Crippen LogP contribution >= 0.6 is 0 Å². The predicted molar refractivity (Wildman–Crippen MR) is 144 cm³/mol. The first kappa shape index (κ1) is 23.3. The van der Waals surface area contributed by atoms with Crippen LogP contribution in [0.15, 0.2) is 30.5 Å². The minimum absolute atomic E-state index is 0.0257. The van der Waals surface area contributed by atoms with E-state index >= 15 is 0 Å². The molecule has 0 N–H and O–H groups in total. The number of fused-ring (bicyclic) bond motifs is 3. The molecule has 0 aliphatic carbocycles. The number of hydrogen-bond acceptors (Lipinski definition) is 1. The van der Waals surface area contributed by atoms with Gasteiger partial charge in [-0.3, -0.25) is 4.98 Å². The fourth-order valence-electron chi connectivity index (χ4n) is 6.61. The summed E-state index contributed by atoms with van der Waals surface area (Å²) >= 11 is 0. The molecule has 1 aliphatic heterocycles. The van der Waals surface area contributed by atoms with Crippen molar-refractivity contribution >= 4 is 27.6 Å². The van der Waals surface area contributed by atoms with Crippen molar-refractivity contribution in [1.29, 1.82) is 0 Å². The van der Waals surface area contributed by atoms with Crippen LogP contribution in [-0.2, 0) is 17.3 Å². The summed E-state index contributed by atoms with van der Waals surface area (Å²) in [5, 5.41) is 1.36. The Labute approximate surface area is 205 Å². The molecule has 0 saturated carbocycles. The van der Waals surface area contributed by atoms with Crippen molar-refractivity contribution in [2.75, 3.05) is 0 Å². The van der Waals surface area contributed by atoms with Gasteiger partial charge in [-0.2, -0.15) is 4.40 Å². The molecule has 1 atom stereocenters. The summed E-state index contributed by atoms with van der Waals surface area (Å²) in [6.07, 6.45) is 9.52. The van der Waals surface area contributed by atoms with Gasteiger partial charge in [0.15, 0.2) is 11.0 Å². The highest BCUT2D eigenvalue weighted by molar-refractivity contribution is 5.97. The van der Waals surface area contributed by atoms with E-state index in [0.29, 0.717) is 6.04 Å². The third-order valence-electron chi connectivity index (χ3n) is 8.86. The van der Waals surface area contributed by atoms with E-state index in [-0.39, 0.29) is 10.8 Å². The lowest BCUT2D eigenvalue weighted by Crippen LogP contribution is -2.52. The van der Waals surface area contributed by atoms with Crippen molar-refractivity contribution in [2.45, 2.75) is 111 Å². The lowest BCUT2D eigenvalue weighted by molar-refractivity contribution is -0.682. The molecule has 34 heavy (non-hydrogen) atoms. The largest absolute Gasteiger partial charge is 0.297 e. The molecule has 1 aliphatic rings. The average molecular weight is 457 g/mol. The lowest BCUT2D eigenvalue weighted by atomic mass is 9.67. The van der Waals surface area contributed by atoms with Crippen LogP contribution in [0.5, 0.6) is 0 Å². The summed E-state index contributed by atoms with van der Waals surface area (Å²) in [5.41, 5.74) is 10.9. The number of hydrogen-bond donors (Lipinski definition) is 0. The van der Waals surface area contributed by atoms with Crippen LogP contribution in [0.25, 0.3) is 27.6 Å². The maximum atomic E-state index is 5.22. The first-order valence-electron chi connectivity index (χ1n) is 13.5. The molecule has 4 heterocycles. The van der Waals surface area contributed by atoms with Gasteiger partial charge in [0, 0.05) is 22.6 Å². The molecule has 0 spiro atoms. The summed E-state index contributed by atoms with van der Waals surface area (Å²) < 4.78 is 5.10. The van der Waals surface area contributed by atoms with Gasteiger partial charge in [0.1, 0.15) is 6.04 Å². The molecule has 0 bridgehead atoms. The van der Waals surface area contributed by atoms with Gasteiger partial charge in [-0.25, -0.2) is 4.57 Å². The van der Waals surface area contributed by atoms with Gasteiger partial charge in [0.05, 0.1) is 17.1 Å². The quantitative estimate of drug-likeness (QED) is 0.213. The maximum Gasteiger partial charge on any atom is 0.297 e. The van der Waals surface area contributed by atoms with Crippen molar-refractivity contribution in [1.82, 2.24) is 9.38 Å². The Morgan fingerprint density at radius 2 is 1.79 bits per heavy atom. The topological polar surface area (TPSA) is 21.2 Å². The van der Waals surface area contributed by atoms with Gasteiger partial charge < -0.3 is 0 Å². The standard InChI is InChI=1S/C31H42N3/c1-9-12-13-14-22-18-25-26(17-20(22)4)34-21(5)31(10-2,11-3)23-19-27(30(6,7)8)32-24-15-16-33(25)29(34)28(23)24/h15-19,21H,9-14H2,1-8H3/q+1. The normalized spacial score (nSPS) is 17.5. The Hall–Kier alpha value is -2.42. The van der Waals surface area contributed by atoms with Gasteiger partial charge in [0.25, 0.3) is 5.65 Å². The van der Waals surface area contributed by atoms with E-state index in [4.69, 9.17) is 4.98 Å². The van der Waals surface area contributed by atoms with Crippen LogP contribution in [0.2, 0.25) is 0 Å². The molecular weight excluding hydrogens is 414 g/mol. The van der Waals surface area contributed by atoms with E-state index in [1.54, 1.807) is 0 Å². The molecule has 1 aromatic carbocycles. The molecular formula is C31H42N3+. The third-order valence-corrected chi connectivity index (χ3v) is 8.86. The fourth-order valence-corrected chi connectivity index (χ4v) is 6.61. The van der Waals surface area contributed by atoms with Crippen LogP contribution < -0.4 is 4.57 Å². The Balaban J connectivity index is 1.91. The Morgan fingerprint density at radius 1 is 1.06 bits per heavy atom. The Kier molecular flexibility index (Phi) is 5.54. The number of benzene rings is 1.